The van der Waals surface area contributed by atoms with Gasteiger partial charge in [-0.1, -0.05) is 28.8 Å². The van der Waals surface area contributed by atoms with Crippen LogP contribution in [-0.4, -0.2) is 35.8 Å². The van der Waals surface area contributed by atoms with E-state index in [1.807, 2.05) is 24.0 Å². The topological polar surface area (TPSA) is 49.4 Å². The molecule has 1 aliphatic carbocycles. The molecule has 4 nitrogen and oxygen atoms in total. The predicted octanol–water partition coefficient (Wildman–Crippen LogP) is 3.36. The summed E-state index contributed by atoms with van der Waals surface area (Å²) in [5, 5.41) is 2.82. The molecule has 0 radical (unpaired) electrons. The Bertz CT molecular complexity index is 510. The first-order chi connectivity index (χ1) is 10.6. The van der Waals surface area contributed by atoms with Gasteiger partial charge in [0.25, 0.3) is 5.91 Å². The van der Waals surface area contributed by atoms with Crippen LogP contribution in [0.4, 0.5) is 0 Å². The first-order valence-electron chi connectivity index (χ1n) is 7.95. The standard InChI is InChI=1S/C17H23BrN2O2/c1-2-20(15-5-3-4-6-15)16(21)11-12-19-17(22)13-7-9-14(18)10-8-13/h7-10,15H,2-6,11-12H2,1H3,(H,19,22). The van der Waals surface area contributed by atoms with Gasteiger partial charge in [0.1, 0.15) is 0 Å². The molecular weight excluding hydrogens is 344 g/mol. The second kappa shape index (κ2) is 8.32. The lowest BCUT2D eigenvalue weighted by Gasteiger charge is -2.27. The van der Waals surface area contributed by atoms with E-state index in [0.29, 0.717) is 24.6 Å². The molecule has 22 heavy (non-hydrogen) atoms. The Kier molecular flexibility index (Phi) is 6.43. The van der Waals surface area contributed by atoms with Crippen LogP contribution in [-0.2, 0) is 4.79 Å². The predicted molar refractivity (Wildman–Crippen MR) is 90.7 cm³/mol. The highest BCUT2D eigenvalue weighted by Crippen LogP contribution is 2.23. The lowest BCUT2D eigenvalue weighted by Crippen LogP contribution is -2.40. The summed E-state index contributed by atoms with van der Waals surface area (Å²) in [6.45, 7) is 3.16. The van der Waals surface area contributed by atoms with Gasteiger partial charge in [-0.25, -0.2) is 0 Å². The van der Waals surface area contributed by atoms with Crippen molar-refractivity contribution in [3.8, 4) is 0 Å². The second-order valence-corrected chi connectivity index (χ2v) is 6.55. The lowest BCUT2D eigenvalue weighted by molar-refractivity contribution is -0.133. The van der Waals surface area contributed by atoms with Crippen LogP contribution in [0, 0.1) is 0 Å². The van der Waals surface area contributed by atoms with Crippen LogP contribution in [0.3, 0.4) is 0 Å². The molecule has 0 aliphatic heterocycles. The fourth-order valence-corrected chi connectivity index (χ4v) is 3.25. The summed E-state index contributed by atoms with van der Waals surface area (Å²) in [7, 11) is 0. The largest absolute Gasteiger partial charge is 0.352 e. The average Bonchev–Trinajstić information content (AvgIpc) is 3.02. The molecule has 0 bridgehead atoms. The maximum absolute atomic E-state index is 12.3. The van der Waals surface area contributed by atoms with E-state index in [9.17, 15) is 9.59 Å². The Morgan fingerprint density at radius 1 is 1.23 bits per heavy atom. The summed E-state index contributed by atoms with van der Waals surface area (Å²) in [5.41, 5.74) is 0.610. The highest BCUT2D eigenvalue weighted by Gasteiger charge is 2.24. The lowest BCUT2D eigenvalue weighted by atomic mass is 10.2. The number of benzene rings is 1. The van der Waals surface area contributed by atoms with Crippen molar-refractivity contribution in [2.45, 2.75) is 45.1 Å². The van der Waals surface area contributed by atoms with E-state index in [1.165, 1.54) is 12.8 Å². The van der Waals surface area contributed by atoms with Crippen molar-refractivity contribution in [2.24, 2.45) is 0 Å². The molecule has 0 aromatic heterocycles. The molecule has 5 heteroatoms. The van der Waals surface area contributed by atoms with Crippen molar-refractivity contribution in [3.05, 3.63) is 34.3 Å². The average molecular weight is 367 g/mol. The highest BCUT2D eigenvalue weighted by molar-refractivity contribution is 9.10. The number of nitrogens with zero attached hydrogens (tertiary/aromatic N) is 1. The fraction of sp³-hybridized carbons (Fsp3) is 0.529. The number of nitrogens with one attached hydrogen (secondary N) is 1. The number of hydrogen-bond donors (Lipinski definition) is 1. The van der Waals surface area contributed by atoms with E-state index in [4.69, 9.17) is 0 Å². The third kappa shape index (κ3) is 4.57. The van der Waals surface area contributed by atoms with Crippen LogP contribution < -0.4 is 5.32 Å². The zero-order chi connectivity index (χ0) is 15.9. The summed E-state index contributed by atoms with van der Waals surface area (Å²) in [4.78, 5) is 26.2. The third-order valence-electron chi connectivity index (χ3n) is 4.16. The minimum absolute atomic E-state index is 0.135. The minimum atomic E-state index is -0.135. The molecular formula is C17H23BrN2O2. The Hall–Kier alpha value is -1.36. The zero-order valence-corrected chi connectivity index (χ0v) is 14.6. The minimum Gasteiger partial charge on any atom is -0.352 e. The number of carbonyl (C=O) groups excluding carboxylic acids is 2. The molecule has 1 saturated carbocycles. The summed E-state index contributed by atoms with van der Waals surface area (Å²) in [6.07, 6.45) is 5.03. The van der Waals surface area contributed by atoms with Crippen molar-refractivity contribution in [2.75, 3.05) is 13.1 Å². The second-order valence-electron chi connectivity index (χ2n) is 5.63. The fourth-order valence-electron chi connectivity index (χ4n) is 2.98. The van der Waals surface area contributed by atoms with E-state index in [-0.39, 0.29) is 11.8 Å². The molecule has 1 aromatic rings. The quantitative estimate of drug-likeness (QED) is 0.838. The number of hydrogen-bond acceptors (Lipinski definition) is 2. The monoisotopic (exact) mass is 366 g/mol. The van der Waals surface area contributed by atoms with Gasteiger partial charge >= 0.3 is 0 Å². The molecule has 1 fully saturated rings. The molecule has 0 unspecified atom stereocenters. The van der Waals surface area contributed by atoms with Crippen LogP contribution in [0.25, 0.3) is 0 Å². The molecule has 1 aromatic carbocycles. The first-order valence-corrected chi connectivity index (χ1v) is 8.74. The molecule has 0 heterocycles. The van der Waals surface area contributed by atoms with Gasteiger partial charge in [0.05, 0.1) is 0 Å². The van der Waals surface area contributed by atoms with Crippen LogP contribution in [0.5, 0.6) is 0 Å². The van der Waals surface area contributed by atoms with Gasteiger partial charge in [0.2, 0.25) is 5.91 Å². The summed E-state index contributed by atoms with van der Waals surface area (Å²) < 4.78 is 0.939. The molecule has 2 rings (SSSR count). The van der Waals surface area contributed by atoms with Gasteiger partial charge in [0.15, 0.2) is 0 Å². The van der Waals surface area contributed by atoms with E-state index in [2.05, 4.69) is 21.2 Å². The molecule has 0 saturated heterocycles. The van der Waals surface area contributed by atoms with E-state index in [1.54, 1.807) is 12.1 Å². The van der Waals surface area contributed by atoms with Crippen molar-refractivity contribution in [1.29, 1.82) is 0 Å². The van der Waals surface area contributed by atoms with Crippen molar-refractivity contribution >= 4 is 27.7 Å². The Morgan fingerprint density at radius 2 is 1.86 bits per heavy atom. The van der Waals surface area contributed by atoms with Crippen LogP contribution in [0.1, 0.15) is 49.4 Å². The van der Waals surface area contributed by atoms with Crippen LogP contribution >= 0.6 is 15.9 Å². The van der Waals surface area contributed by atoms with Gasteiger partial charge in [-0.3, -0.25) is 9.59 Å². The van der Waals surface area contributed by atoms with Gasteiger partial charge in [0, 0.05) is 35.6 Å². The van der Waals surface area contributed by atoms with Gasteiger partial charge in [-0.2, -0.15) is 0 Å². The van der Waals surface area contributed by atoms with E-state index in [0.717, 1.165) is 23.9 Å². The van der Waals surface area contributed by atoms with Gasteiger partial charge < -0.3 is 10.2 Å². The number of rotatable bonds is 6. The summed E-state index contributed by atoms with van der Waals surface area (Å²) >= 11 is 3.34. The molecule has 120 valence electrons. The molecule has 2 amide bonds. The number of amides is 2. The maximum Gasteiger partial charge on any atom is 0.251 e. The van der Waals surface area contributed by atoms with Crippen LogP contribution in [0.15, 0.2) is 28.7 Å². The van der Waals surface area contributed by atoms with Gasteiger partial charge in [-0.05, 0) is 44.0 Å². The number of carbonyl (C=O) groups is 2. The third-order valence-corrected chi connectivity index (χ3v) is 4.69. The Labute approximate surface area is 140 Å². The van der Waals surface area contributed by atoms with Crippen LogP contribution in [0.2, 0.25) is 0 Å². The van der Waals surface area contributed by atoms with Crippen molar-refractivity contribution < 1.29 is 9.59 Å². The number of halogens is 1. The molecule has 0 atom stereocenters. The normalized spacial score (nSPS) is 14.8. The maximum atomic E-state index is 12.3. The SMILES string of the molecule is CCN(C(=O)CCNC(=O)c1ccc(Br)cc1)C1CCCC1. The van der Waals surface area contributed by atoms with E-state index >= 15 is 0 Å². The highest BCUT2D eigenvalue weighted by atomic mass is 79.9. The van der Waals surface area contributed by atoms with Gasteiger partial charge in [-0.15, -0.1) is 0 Å². The van der Waals surface area contributed by atoms with Crippen molar-refractivity contribution in [1.82, 2.24) is 10.2 Å². The summed E-state index contributed by atoms with van der Waals surface area (Å²) in [5.74, 6) is 0.00900. The first kappa shape index (κ1) is 17.0. The molecule has 0 spiro atoms. The molecule has 1 N–H and O–H groups in total. The smallest absolute Gasteiger partial charge is 0.251 e. The Morgan fingerprint density at radius 3 is 2.45 bits per heavy atom. The Balaban J connectivity index is 1.78. The van der Waals surface area contributed by atoms with E-state index < -0.39 is 0 Å². The van der Waals surface area contributed by atoms with Crippen molar-refractivity contribution in [3.63, 3.8) is 0 Å². The zero-order valence-electron chi connectivity index (χ0n) is 13.0. The molecule has 1 aliphatic rings. The summed E-state index contributed by atoms with van der Waals surface area (Å²) in [6, 6.07) is 7.59.